The summed E-state index contributed by atoms with van der Waals surface area (Å²) in [5.74, 6) is 0.622. The Kier molecular flexibility index (Phi) is 4.55. The Labute approximate surface area is 118 Å². The van der Waals surface area contributed by atoms with E-state index in [1.807, 2.05) is 31.2 Å². The molecule has 1 heterocycles. The predicted molar refractivity (Wildman–Crippen MR) is 77.8 cm³/mol. The highest BCUT2D eigenvalue weighted by Gasteiger charge is 2.11. The summed E-state index contributed by atoms with van der Waals surface area (Å²) in [5, 5.41) is 5.62. The number of benzene rings is 1. The molecule has 1 atom stereocenters. The molecule has 2 aromatic rings. The van der Waals surface area contributed by atoms with E-state index in [-0.39, 0.29) is 12.1 Å². The maximum Gasteiger partial charge on any atom is 0.319 e. The molecule has 0 saturated carbocycles. The summed E-state index contributed by atoms with van der Waals surface area (Å²) < 4.78 is 5.18. The second-order valence-electron chi connectivity index (χ2n) is 4.31. The minimum atomic E-state index is -0.286. The van der Waals surface area contributed by atoms with Crippen LogP contribution in [0.5, 0.6) is 5.75 Å². The fraction of sp³-hybridized carbons (Fsp3) is 0.200. The molecular formula is C15H17N3O2. The molecule has 104 valence electrons. The number of ether oxygens (including phenoxy) is 1. The van der Waals surface area contributed by atoms with Crippen molar-refractivity contribution in [1.29, 1.82) is 0 Å². The molecule has 2 rings (SSSR count). The van der Waals surface area contributed by atoms with Crippen LogP contribution in [0.15, 0.2) is 48.8 Å². The maximum absolute atomic E-state index is 12.0. The van der Waals surface area contributed by atoms with Crippen molar-refractivity contribution in [3.63, 3.8) is 0 Å². The highest BCUT2D eigenvalue weighted by molar-refractivity contribution is 5.91. The maximum atomic E-state index is 12.0. The smallest absolute Gasteiger partial charge is 0.319 e. The summed E-state index contributed by atoms with van der Waals surface area (Å²) >= 11 is 0. The van der Waals surface area contributed by atoms with Crippen LogP contribution in [-0.2, 0) is 0 Å². The van der Waals surface area contributed by atoms with E-state index < -0.39 is 0 Å². The molecule has 0 saturated heterocycles. The topological polar surface area (TPSA) is 63.2 Å². The van der Waals surface area contributed by atoms with Crippen molar-refractivity contribution < 1.29 is 9.53 Å². The Balaban J connectivity index is 1.99. The second-order valence-corrected chi connectivity index (χ2v) is 4.31. The van der Waals surface area contributed by atoms with Gasteiger partial charge >= 0.3 is 6.03 Å². The van der Waals surface area contributed by atoms with Gasteiger partial charge in [0.15, 0.2) is 0 Å². The largest absolute Gasteiger partial charge is 0.495 e. The van der Waals surface area contributed by atoms with Gasteiger partial charge in [-0.05, 0) is 30.7 Å². The fourth-order valence-corrected chi connectivity index (χ4v) is 1.82. The predicted octanol–water partition coefficient (Wildman–Crippen LogP) is 2.97. The zero-order valence-electron chi connectivity index (χ0n) is 11.5. The summed E-state index contributed by atoms with van der Waals surface area (Å²) in [7, 11) is 1.57. The zero-order chi connectivity index (χ0) is 14.4. The zero-order valence-corrected chi connectivity index (χ0v) is 11.5. The number of pyridine rings is 1. The minimum Gasteiger partial charge on any atom is -0.495 e. The van der Waals surface area contributed by atoms with Crippen LogP contribution < -0.4 is 15.4 Å². The summed E-state index contributed by atoms with van der Waals surface area (Å²) in [5.41, 5.74) is 1.58. The van der Waals surface area contributed by atoms with Crippen molar-refractivity contribution in [3.05, 3.63) is 54.4 Å². The number of carbonyl (C=O) groups excluding carboxylic acids is 1. The number of amides is 2. The van der Waals surface area contributed by atoms with Crippen LogP contribution in [0.4, 0.5) is 10.5 Å². The van der Waals surface area contributed by atoms with Crippen molar-refractivity contribution in [2.45, 2.75) is 13.0 Å². The van der Waals surface area contributed by atoms with Gasteiger partial charge in [-0.15, -0.1) is 0 Å². The quantitative estimate of drug-likeness (QED) is 0.898. The molecular weight excluding hydrogens is 254 g/mol. The molecule has 0 bridgehead atoms. The lowest BCUT2D eigenvalue weighted by molar-refractivity contribution is 0.249. The lowest BCUT2D eigenvalue weighted by atomic mass is 10.1. The molecule has 2 amide bonds. The van der Waals surface area contributed by atoms with E-state index in [2.05, 4.69) is 15.6 Å². The molecule has 1 aromatic heterocycles. The third kappa shape index (κ3) is 3.47. The number of hydrogen-bond acceptors (Lipinski definition) is 3. The van der Waals surface area contributed by atoms with Crippen LogP contribution in [-0.4, -0.2) is 18.1 Å². The van der Waals surface area contributed by atoms with Gasteiger partial charge in [-0.3, -0.25) is 4.98 Å². The van der Waals surface area contributed by atoms with Gasteiger partial charge in [0.25, 0.3) is 0 Å². The second kappa shape index (κ2) is 6.56. The number of para-hydroxylation sites is 2. The number of carbonyl (C=O) groups is 1. The molecule has 0 radical (unpaired) electrons. The Bertz CT molecular complexity index is 572. The fourth-order valence-electron chi connectivity index (χ4n) is 1.82. The van der Waals surface area contributed by atoms with Gasteiger partial charge in [0.1, 0.15) is 5.75 Å². The van der Waals surface area contributed by atoms with Crippen molar-refractivity contribution in [2.24, 2.45) is 0 Å². The normalized spacial score (nSPS) is 11.5. The molecule has 0 aliphatic carbocycles. The number of rotatable bonds is 4. The van der Waals surface area contributed by atoms with Gasteiger partial charge in [0, 0.05) is 12.4 Å². The lowest BCUT2D eigenvalue weighted by Crippen LogP contribution is -2.31. The van der Waals surface area contributed by atoms with Gasteiger partial charge in [0.2, 0.25) is 0 Å². The minimum absolute atomic E-state index is 0.126. The molecule has 0 fully saturated rings. The number of nitrogens with one attached hydrogen (secondary N) is 2. The molecule has 0 unspecified atom stereocenters. The van der Waals surface area contributed by atoms with Gasteiger partial charge in [-0.25, -0.2) is 4.79 Å². The van der Waals surface area contributed by atoms with E-state index in [1.165, 1.54) is 0 Å². The summed E-state index contributed by atoms with van der Waals surface area (Å²) in [4.78, 5) is 16.0. The number of hydrogen-bond donors (Lipinski definition) is 2. The molecule has 5 heteroatoms. The third-order valence-electron chi connectivity index (χ3n) is 2.89. The van der Waals surface area contributed by atoms with Crippen LogP contribution in [0.1, 0.15) is 18.5 Å². The van der Waals surface area contributed by atoms with E-state index in [9.17, 15) is 4.79 Å². The summed E-state index contributed by atoms with van der Waals surface area (Å²) in [6.45, 7) is 1.90. The van der Waals surface area contributed by atoms with Gasteiger partial charge < -0.3 is 15.4 Å². The first kappa shape index (κ1) is 13.9. The van der Waals surface area contributed by atoms with E-state index >= 15 is 0 Å². The average molecular weight is 271 g/mol. The first-order valence-electron chi connectivity index (χ1n) is 6.31. The Hall–Kier alpha value is -2.56. The Morgan fingerprint density at radius 3 is 2.75 bits per heavy atom. The first-order chi connectivity index (χ1) is 9.70. The highest BCUT2D eigenvalue weighted by atomic mass is 16.5. The molecule has 0 aliphatic heterocycles. The van der Waals surface area contributed by atoms with E-state index in [4.69, 9.17) is 4.74 Å². The van der Waals surface area contributed by atoms with Crippen LogP contribution in [0.2, 0.25) is 0 Å². The van der Waals surface area contributed by atoms with E-state index in [0.29, 0.717) is 11.4 Å². The lowest BCUT2D eigenvalue weighted by Gasteiger charge is -2.15. The molecule has 2 N–H and O–H groups in total. The standard InChI is InChI=1S/C15H17N3O2/c1-11(12-6-5-9-16-10-12)17-15(19)18-13-7-3-4-8-14(13)20-2/h3-11H,1-2H3,(H2,17,18,19)/t11-/m1/s1. The SMILES string of the molecule is COc1ccccc1NC(=O)N[C@H](C)c1cccnc1. The molecule has 0 aliphatic rings. The summed E-state index contributed by atoms with van der Waals surface area (Å²) in [6, 6.07) is 10.6. The number of methoxy groups -OCH3 is 1. The molecule has 5 nitrogen and oxygen atoms in total. The first-order valence-corrected chi connectivity index (χ1v) is 6.31. The van der Waals surface area contributed by atoms with Crippen LogP contribution in [0, 0.1) is 0 Å². The molecule has 20 heavy (non-hydrogen) atoms. The van der Waals surface area contributed by atoms with Crippen LogP contribution >= 0.6 is 0 Å². The third-order valence-corrected chi connectivity index (χ3v) is 2.89. The van der Waals surface area contributed by atoms with Crippen LogP contribution in [0.25, 0.3) is 0 Å². The number of urea groups is 1. The van der Waals surface area contributed by atoms with E-state index in [0.717, 1.165) is 5.56 Å². The highest BCUT2D eigenvalue weighted by Crippen LogP contribution is 2.23. The number of nitrogens with zero attached hydrogens (tertiary/aromatic N) is 1. The van der Waals surface area contributed by atoms with Gasteiger partial charge in [-0.1, -0.05) is 18.2 Å². The van der Waals surface area contributed by atoms with Crippen molar-refractivity contribution >= 4 is 11.7 Å². The van der Waals surface area contributed by atoms with Gasteiger partial charge in [0.05, 0.1) is 18.8 Å². The average Bonchev–Trinajstić information content (AvgIpc) is 2.48. The Morgan fingerprint density at radius 2 is 2.05 bits per heavy atom. The monoisotopic (exact) mass is 271 g/mol. The number of anilines is 1. The van der Waals surface area contributed by atoms with Gasteiger partial charge in [-0.2, -0.15) is 0 Å². The Morgan fingerprint density at radius 1 is 1.25 bits per heavy atom. The molecule has 0 spiro atoms. The van der Waals surface area contributed by atoms with Crippen molar-refractivity contribution in [2.75, 3.05) is 12.4 Å². The van der Waals surface area contributed by atoms with E-state index in [1.54, 1.807) is 31.6 Å². The van der Waals surface area contributed by atoms with Crippen LogP contribution in [0.3, 0.4) is 0 Å². The summed E-state index contributed by atoms with van der Waals surface area (Å²) in [6.07, 6.45) is 3.43. The molecule has 1 aromatic carbocycles. The van der Waals surface area contributed by atoms with Crippen molar-refractivity contribution in [3.8, 4) is 5.75 Å². The van der Waals surface area contributed by atoms with Crippen molar-refractivity contribution in [1.82, 2.24) is 10.3 Å². The number of aromatic nitrogens is 1.